The fourth-order valence-corrected chi connectivity index (χ4v) is 1.55. The van der Waals surface area contributed by atoms with Crippen LogP contribution in [0.4, 0.5) is 4.79 Å². The number of H-pyrrole nitrogens is 1. The molecule has 17 heavy (non-hydrogen) atoms. The molecule has 0 saturated carbocycles. The minimum Gasteiger partial charge on any atom is -0.348 e. The summed E-state index contributed by atoms with van der Waals surface area (Å²) in [7, 11) is 0. The Labute approximate surface area is 102 Å². The Morgan fingerprint density at radius 1 is 1.29 bits per heavy atom. The van der Waals surface area contributed by atoms with Crippen molar-refractivity contribution in [3.63, 3.8) is 0 Å². The van der Waals surface area contributed by atoms with E-state index in [1.165, 1.54) is 19.3 Å². The molecule has 0 spiro atoms. The van der Waals surface area contributed by atoms with Crippen molar-refractivity contribution in [1.29, 1.82) is 0 Å². The molecule has 5 heteroatoms. The standard InChI is InChI=1S/C12H22N4O/c1-2-3-4-5-7-14-12(17)15-8-6-11-9-13-10-16-11/h9-10H,2-8H2,1H3,(H,13,16)(H2,14,15,17). The van der Waals surface area contributed by atoms with Gasteiger partial charge in [0.2, 0.25) is 0 Å². The number of hydrogen-bond acceptors (Lipinski definition) is 2. The molecule has 0 atom stereocenters. The van der Waals surface area contributed by atoms with Crippen LogP contribution in [0, 0.1) is 0 Å². The first-order valence-corrected chi connectivity index (χ1v) is 6.32. The highest BCUT2D eigenvalue weighted by Crippen LogP contribution is 1.96. The molecule has 0 bridgehead atoms. The average Bonchev–Trinajstić information content (AvgIpc) is 2.82. The van der Waals surface area contributed by atoms with Gasteiger partial charge >= 0.3 is 6.03 Å². The fourth-order valence-electron chi connectivity index (χ4n) is 1.55. The Hall–Kier alpha value is -1.52. The highest BCUT2D eigenvalue weighted by molar-refractivity contribution is 5.73. The SMILES string of the molecule is CCCCCCNC(=O)NCCc1cnc[nH]1. The predicted octanol–water partition coefficient (Wildman–Crippen LogP) is 1.83. The summed E-state index contributed by atoms with van der Waals surface area (Å²) >= 11 is 0. The van der Waals surface area contributed by atoms with Crippen molar-refractivity contribution < 1.29 is 4.79 Å². The molecule has 0 saturated heterocycles. The normalized spacial score (nSPS) is 10.2. The van der Waals surface area contributed by atoms with Crippen molar-refractivity contribution in [2.75, 3.05) is 13.1 Å². The molecule has 1 aromatic rings. The molecule has 0 fully saturated rings. The van der Waals surface area contributed by atoms with Crippen molar-refractivity contribution in [3.8, 4) is 0 Å². The summed E-state index contributed by atoms with van der Waals surface area (Å²) in [5.74, 6) is 0. The first kappa shape index (κ1) is 13.5. The lowest BCUT2D eigenvalue weighted by molar-refractivity contribution is 0.241. The summed E-state index contributed by atoms with van der Waals surface area (Å²) in [5.41, 5.74) is 1.04. The summed E-state index contributed by atoms with van der Waals surface area (Å²) in [6.07, 6.45) is 8.89. The molecule has 5 nitrogen and oxygen atoms in total. The number of urea groups is 1. The van der Waals surface area contributed by atoms with Gasteiger partial charge in [-0.2, -0.15) is 0 Å². The van der Waals surface area contributed by atoms with E-state index in [0.29, 0.717) is 6.54 Å². The van der Waals surface area contributed by atoms with Crippen LogP contribution in [0.3, 0.4) is 0 Å². The lowest BCUT2D eigenvalue weighted by atomic mass is 10.2. The molecule has 0 unspecified atom stereocenters. The first-order chi connectivity index (χ1) is 8.33. The van der Waals surface area contributed by atoms with Crippen LogP contribution < -0.4 is 10.6 Å². The molecule has 0 aliphatic heterocycles. The molecule has 1 heterocycles. The Balaban J connectivity index is 1.94. The number of carbonyl (C=O) groups excluding carboxylic acids is 1. The van der Waals surface area contributed by atoms with Gasteiger partial charge in [-0.05, 0) is 6.42 Å². The maximum absolute atomic E-state index is 11.4. The fraction of sp³-hybridized carbons (Fsp3) is 0.667. The Bertz CT molecular complexity index is 297. The second-order valence-corrected chi connectivity index (χ2v) is 4.07. The van der Waals surface area contributed by atoms with E-state index >= 15 is 0 Å². The number of rotatable bonds is 8. The number of imidazole rings is 1. The summed E-state index contributed by atoms with van der Waals surface area (Å²) in [5, 5.41) is 5.66. The minimum atomic E-state index is -0.0824. The van der Waals surface area contributed by atoms with Crippen LogP contribution in [-0.4, -0.2) is 29.1 Å². The number of aromatic nitrogens is 2. The maximum Gasteiger partial charge on any atom is 0.314 e. The molecule has 0 aromatic carbocycles. The van der Waals surface area contributed by atoms with Gasteiger partial charge in [0.05, 0.1) is 6.33 Å². The van der Waals surface area contributed by atoms with Crippen molar-refractivity contribution in [3.05, 3.63) is 18.2 Å². The van der Waals surface area contributed by atoms with Crippen LogP contribution in [-0.2, 0) is 6.42 Å². The molecule has 3 N–H and O–H groups in total. The summed E-state index contributed by atoms with van der Waals surface area (Å²) < 4.78 is 0. The second kappa shape index (κ2) is 8.61. The quantitative estimate of drug-likeness (QED) is 0.605. The van der Waals surface area contributed by atoms with E-state index in [1.54, 1.807) is 12.5 Å². The summed E-state index contributed by atoms with van der Waals surface area (Å²) in [6, 6.07) is -0.0824. The molecule has 1 rings (SSSR count). The van der Waals surface area contributed by atoms with Crippen LogP contribution in [0.2, 0.25) is 0 Å². The molecular formula is C12H22N4O. The number of nitrogens with one attached hydrogen (secondary N) is 3. The Kier molecular flexibility index (Phi) is 6.86. The highest BCUT2D eigenvalue weighted by Gasteiger charge is 1.99. The van der Waals surface area contributed by atoms with E-state index in [4.69, 9.17) is 0 Å². The zero-order valence-corrected chi connectivity index (χ0v) is 10.5. The topological polar surface area (TPSA) is 69.8 Å². The Morgan fingerprint density at radius 3 is 2.82 bits per heavy atom. The molecular weight excluding hydrogens is 216 g/mol. The van der Waals surface area contributed by atoms with Gasteiger partial charge in [-0.3, -0.25) is 0 Å². The van der Waals surface area contributed by atoms with E-state index < -0.39 is 0 Å². The number of unbranched alkanes of at least 4 members (excludes halogenated alkanes) is 3. The van der Waals surface area contributed by atoms with E-state index in [1.807, 2.05) is 0 Å². The van der Waals surface area contributed by atoms with Gasteiger partial charge < -0.3 is 15.6 Å². The second-order valence-electron chi connectivity index (χ2n) is 4.07. The van der Waals surface area contributed by atoms with E-state index in [2.05, 4.69) is 27.5 Å². The number of nitrogens with zero attached hydrogens (tertiary/aromatic N) is 1. The maximum atomic E-state index is 11.4. The molecule has 2 amide bonds. The summed E-state index contributed by atoms with van der Waals surface area (Å²) in [6.45, 7) is 3.56. The highest BCUT2D eigenvalue weighted by atomic mass is 16.2. The molecule has 0 aliphatic carbocycles. The number of hydrogen-bond donors (Lipinski definition) is 3. The van der Waals surface area contributed by atoms with Gasteiger partial charge in [-0.1, -0.05) is 26.2 Å². The largest absolute Gasteiger partial charge is 0.348 e. The molecule has 96 valence electrons. The molecule has 1 aromatic heterocycles. The average molecular weight is 238 g/mol. The van der Waals surface area contributed by atoms with Crippen LogP contribution >= 0.6 is 0 Å². The zero-order valence-electron chi connectivity index (χ0n) is 10.5. The molecule has 0 aliphatic rings. The van der Waals surface area contributed by atoms with Gasteiger partial charge in [0, 0.05) is 31.4 Å². The zero-order chi connectivity index (χ0) is 12.3. The van der Waals surface area contributed by atoms with Crippen LogP contribution in [0.1, 0.15) is 38.3 Å². The smallest absolute Gasteiger partial charge is 0.314 e. The van der Waals surface area contributed by atoms with E-state index in [9.17, 15) is 4.79 Å². The first-order valence-electron chi connectivity index (χ1n) is 6.32. The van der Waals surface area contributed by atoms with Gasteiger partial charge in [0.15, 0.2) is 0 Å². The minimum absolute atomic E-state index is 0.0824. The van der Waals surface area contributed by atoms with E-state index in [-0.39, 0.29) is 6.03 Å². The van der Waals surface area contributed by atoms with Crippen LogP contribution in [0.15, 0.2) is 12.5 Å². The van der Waals surface area contributed by atoms with Crippen molar-refractivity contribution in [2.24, 2.45) is 0 Å². The van der Waals surface area contributed by atoms with Gasteiger partial charge in [0.1, 0.15) is 0 Å². The third-order valence-electron chi connectivity index (χ3n) is 2.55. The monoisotopic (exact) mass is 238 g/mol. The summed E-state index contributed by atoms with van der Waals surface area (Å²) in [4.78, 5) is 18.3. The van der Waals surface area contributed by atoms with Gasteiger partial charge in [-0.25, -0.2) is 9.78 Å². The van der Waals surface area contributed by atoms with E-state index in [0.717, 1.165) is 25.1 Å². The number of carbonyl (C=O) groups is 1. The number of aromatic amines is 1. The molecule has 0 radical (unpaired) electrons. The lowest BCUT2D eigenvalue weighted by Crippen LogP contribution is -2.37. The van der Waals surface area contributed by atoms with Crippen molar-refractivity contribution in [2.45, 2.75) is 39.0 Å². The number of amides is 2. The van der Waals surface area contributed by atoms with Crippen molar-refractivity contribution >= 4 is 6.03 Å². The lowest BCUT2D eigenvalue weighted by Gasteiger charge is -2.06. The third kappa shape index (κ3) is 6.60. The van der Waals surface area contributed by atoms with Crippen molar-refractivity contribution in [1.82, 2.24) is 20.6 Å². The van der Waals surface area contributed by atoms with Gasteiger partial charge in [-0.15, -0.1) is 0 Å². The van der Waals surface area contributed by atoms with Crippen LogP contribution in [0.5, 0.6) is 0 Å². The Morgan fingerprint density at radius 2 is 2.12 bits per heavy atom. The van der Waals surface area contributed by atoms with Crippen LogP contribution in [0.25, 0.3) is 0 Å². The third-order valence-corrected chi connectivity index (χ3v) is 2.55. The van der Waals surface area contributed by atoms with Gasteiger partial charge in [0.25, 0.3) is 0 Å². The predicted molar refractivity (Wildman–Crippen MR) is 67.8 cm³/mol.